The first kappa shape index (κ1) is 16.5. The second-order valence-corrected chi connectivity index (χ2v) is 5.75. The molecular weight excluding hydrogens is 295 g/mol. The third-order valence-electron chi connectivity index (χ3n) is 3.94. The van der Waals surface area contributed by atoms with Gasteiger partial charge in [-0.1, -0.05) is 18.2 Å². The third kappa shape index (κ3) is 3.88. The minimum Gasteiger partial charge on any atom is -0.396 e. The van der Waals surface area contributed by atoms with Crippen LogP contribution in [0.25, 0.3) is 5.57 Å². The van der Waals surface area contributed by atoms with E-state index in [1.165, 1.54) is 25.1 Å². The first-order valence-electron chi connectivity index (χ1n) is 7.01. The Balaban J connectivity index is 2.10. The molecule has 6 heteroatoms. The molecule has 0 spiro atoms. The first-order valence-corrected chi connectivity index (χ1v) is 7.01. The quantitative estimate of drug-likeness (QED) is 0.821. The smallest absolute Gasteiger partial charge is 0.396 e. The highest BCUT2D eigenvalue weighted by atomic mass is 19.4. The molecule has 22 heavy (non-hydrogen) atoms. The minimum atomic E-state index is -4.46. The van der Waals surface area contributed by atoms with E-state index in [-0.39, 0.29) is 23.2 Å². The van der Waals surface area contributed by atoms with Gasteiger partial charge in [-0.25, -0.2) is 0 Å². The summed E-state index contributed by atoms with van der Waals surface area (Å²) in [5.41, 5.74) is -0.750. The number of amides is 1. The molecular formula is C16H18F3NO2. The maximum atomic E-state index is 12.9. The molecule has 0 bridgehead atoms. The molecule has 1 amide bonds. The number of nitrogens with one attached hydrogen (secondary N) is 1. The fraction of sp³-hybridized carbons (Fsp3) is 0.438. The number of rotatable bonds is 5. The summed E-state index contributed by atoms with van der Waals surface area (Å²) < 4.78 is 38.8. The number of halogens is 3. The van der Waals surface area contributed by atoms with Gasteiger partial charge >= 0.3 is 6.18 Å². The lowest BCUT2D eigenvalue weighted by atomic mass is 10.00. The van der Waals surface area contributed by atoms with E-state index in [0.29, 0.717) is 6.54 Å². The van der Waals surface area contributed by atoms with Gasteiger partial charge < -0.3 is 10.4 Å². The number of carbonyl (C=O) groups excluding carboxylic acids is 1. The lowest BCUT2D eigenvalue weighted by molar-refractivity contribution is -0.137. The van der Waals surface area contributed by atoms with Crippen LogP contribution in [0.1, 0.15) is 30.9 Å². The zero-order chi connectivity index (χ0) is 16.4. The molecule has 1 aromatic rings. The molecule has 0 aromatic heterocycles. The van der Waals surface area contributed by atoms with E-state index >= 15 is 0 Å². The van der Waals surface area contributed by atoms with Crippen LogP contribution in [-0.2, 0) is 11.0 Å². The van der Waals surface area contributed by atoms with Crippen LogP contribution in [0.2, 0.25) is 0 Å². The molecule has 0 aliphatic heterocycles. The fourth-order valence-corrected chi connectivity index (χ4v) is 2.24. The van der Waals surface area contributed by atoms with Crippen molar-refractivity contribution in [1.29, 1.82) is 0 Å². The van der Waals surface area contributed by atoms with Crippen molar-refractivity contribution in [2.45, 2.75) is 25.9 Å². The predicted molar refractivity (Wildman–Crippen MR) is 76.9 cm³/mol. The van der Waals surface area contributed by atoms with Gasteiger partial charge in [0.05, 0.1) is 12.2 Å². The van der Waals surface area contributed by atoms with Crippen molar-refractivity contribution in [1.82, 2.24) is 5.32 Å². The van der Waals surface area contributed by atoms with Crippen molar-refractivity contribution in [2.24, 2.45) is 5.41 Å². The van der Waals surface area contributed by atoms with E-state index in [2.05, 4.69) is 5.32 Å². The van der Waals surface area contributed by atoms with Gasteiger partial charge in [-0.2, -0.15) is 13.2 Å². The largest absolute Gasteiger partial charge is 0.416 e. The SMILES string of the molecule is C/C(=C/C(=O)NCC1(CO)CC1)c1ccccc1C(F)(F)F. The molecule has 1 aliphatic carbocycles. The van der Waals surface area contributed by atoms with Crippen LogP contribution in [0.5, 0.6) is 0 Å². The lowest BCUT2D eigenvalue weighted by Gasteiger charge is -2.14. The second-order valence-electron chi connectivity index (χ2n) is 5.75. The Bertz CT molecular complexity index is 589. The molecule has 0 radical (unpaired) electrons. The van der Waals surface area contributed by atoms with Crippen LogP contribution >= 0.6 is 0 Å². The Morgan fingerprint density at radius 2 is 2.00 bits per heavy atom. The summed E-state index contributed by atoms with van der Waals surface area (Å²) in [6.07, 6.45) is -1.60. The summed E-state index contributed by atoms with van der Waals surface area (Å²) in [6.45, 7) is 1.82. The summed E-state index contributed by atoms with van der Waals surface area (Å²) in [5, 5.41) is 11.8. The summed E-state index contributed by atoms with van der Waals surface area (Å²) in [4.78, 5) is 11.8. The maximum absolute atomic E-state index is 12.9. The van der Waals surface area contributed by atoms with Crippen molar-refractivity contribution in [2.75, 3.05) is 13.2 Å². The average Bonchev–Trinajstić information content (AvgIpc) is 3.25. The number of hydrogen-bond donors (Lipinski definition) is 2. The minimum absolute atomic E-state index is 0.00607. The highest BCUT2D eigenvalue weighted by molar-refractivity contribution is 5.95. The van der Waals surface area contributed by atoms with Crippen molar-refractivity contribution in [3.8, 4) is 0 Å². The van der Waals surface area contributed by atoms with Crippen molar-refractivity contribution in [3.05, 3.63) is 41.5 Å². The Hall–Kier alpha value is -1.82. The van der Waals surface area contributed by atoms with Gasteiger partial charge in [0.25, 0.3) is 0 Å². The Labute approximate surface area is 126 Å². The zero-order valence-corrected chi connectivity index (χ0v) is 12.2. The predicted octanol–water partition coefficient (Wildman–Crippen LogP) is 3.00. The van der Waals surface area contributed by atoms with Crippen LogP contribution in [0.15, 0.2) is 30.3 Å². The van der Waals surface area contributed by atoms with E-state index in [1.807, 2.05) is 0 Å². The van der Waals surface area contributed by atoms with Gasteiger partial charge in [0.1, 0.15) is 0 Å². The van der Waals surface area contributed by atoms with Crippen LogP contribution < -0.4 is 5.32 Å². The van der Waals surface area contributed by atoms with Gasteiger partial charge in [0, 0.05) is 18.0 Å². The van der Waals surface area contributed by atoms with Crippen LogP contribution in [0, 0.1) is 5.41 Å². The Morgan fingerprint density at radius 1 is 1.36 bits per heavy atom. The third-order valence-corrected chi connectivity index (χ3v) is 3.94. The fourth-order valence-electron chi connectivity index (χ4n) is 2.24. The van der Waals surface area contributed by atoms with E-state index < -0.39 is 17.6 Å². The first-order chi connectivity index (χ1) is 10.3. The zero-order valence-electron chi connectivity index (χ0n) is 12.2. The summed E-state index contributed by atoms with van der Waals surface area (Å²) >= 11 is 0. The Morgan fingerprint density at radius 3 is 2.55 bits per heavy atom. The molecule has 0 atom stereocenters. The van der Waals surface area contributed by atoms with Gasteiger partial charge in [-0.15, -0.1) is 0 Å². The van der Waals surface area contributed by atoms with Crippen molar-refractivity contribution < 1.29 is 23.1 Å². The monoisotopic (exact) mass is 313 g/mol. The van der Waals surface area contributed by atoms with Gasteiger partial charge in [-0.05, 0) is 37.0 Å². The van der Waals surface area contributed by atoms with E-state index in [1.54, 1.807) is 0 Å². The van der Waals surface area contributed by atoms with Gasteiger partial charge in [-0.3, -0.25) is 4.79 Å². The molecule has 120 valence electrons. The molecule has 2 rings (SSSR count). The number of aliphatic hydroxyl groups excluding tert-OH is 1. The normalized spacial score (nSPS) is 17.2. The van der Waals surface area contributed by atoms with Crippen LogP contribution in [-0.4, -0.2) is 24.2 Å². The molecule has 0 saturated heterocycles. The number of allylic oxidation sites excluding steroid dienone is 1. The number of carbonyl (C=O) groups is 1. The van der Waals surface area contributed by atoms with Gasteiger partial charge in [0.15, 0.2) is 0 Å². The van der Waals surface area contributed by atoms with Crippen molar-refractivity contribution >= 4 is 11.5 Å². The molecule has 1 saturated carbocycles. The number of benzene rings is 1. The molecule has 1 aliphatic rings. The number of aliphatic hydroxyl groups is 1. The number of alkyl halides is 3. The summed E-state index contributed by atoms with van der Waals surface area (Å²) in [7, 11) is 0. The van der Waals surface area contributed by atoms with E-state index in [9.17, 15) is 18.0 Å². The standard InChI is InChI=1S/C16H18F3NO2/c1-11(8-14(22)20-9-15(10-21)6-7-15)12-4-2-3-5-13(12)16(17,18)19/h2-5,8,21H,6-7,9-10H2,1H3,(H,20,22)/b11-8-. The highest BCUT2D eigenvalue weighted by Gasteiger charge is 2.42. The number of hydrogen-bond acceptors (Lipinski definition) is 2. The van der Waals surface area contributed by atoms with Crippen LogP contribution in [0.3, 0.4) is 0 Å². The van der Waals surface area contributed by atoms with E-state index in [4.69, 9.17) is 5.11 Å². The highest BCUT2D eigenvalue weighted by Crippen LogP contribution is 2.44. The molecule has 1 aromatic carbocycles. The second kappa shape index (κ2) is 6.12. The summed E-state index contributed by atoms with van der Waals surface area (Å²) in [6, 6.07) is 5.16. The lowest BCUT2D eigenvalue weighted by Crippen LogP contribution is -2.30. The summed E-state index contributed by atoms with van der Waals surface area (Å²) in [5.74, 6) is -0.450. The molecule has 2 N–H and O–H groups in total. The Kier molecular flexibility index (Phi) is 4.60. The van der Waals surface area contributed by atoms with Crippen molar-refractivity contribution in [3.63, 3.8) is 0 Å². The molecule has 3 nitrogen and oxygen atoms in total. The average molecular weight is 313 g/mol. The molecule has 1 fully saturated rings. The van der Waals surface area contributed by atoms with Crippen LogP contribution in [0.4, 0.5) is 13.2 Å². The molecule has 0 heterocycles. The topological polar surface area (TPSA) is 49.3 Å². The van der Waals surface area contributed by atoms with E-state index in [0.717, 1.165) is 25.0 Å². The maximum Gasteiger partial charge on any atom is 0.416 e. The molecule has 0 unspecified atom stereocenters. The van der Waals surface area contributed by atoms with Gasteiger partial charge in [0.2, 0.25) is 5.91 Å².